The van der Waals surface area contributed by atoms with Gasteiger partial charge in [-0.1, -0.05) is 29.8 Å². The summed E-state index contributed by atoms with van der Waals surface area (Å²) in [6, 6.07) is 13.9. The van der Waals surface area contributed by atoms with Gasteiger partial charge in [-0.3, -0.25) is 4.79 Å². The number of hydrogen-bond donors (Lipinski definition) is 2. The minimum atomic E-state index is -3.50. The Labute approximate surface area is 172 Å². The highest BCUT2D eigenvalue weighted by molar-refractivity contribution is 7.89. The van der Waals surface area contributed by atoms with Gasteiger partial charge in [0, 0.05) is 25.6 Å². The molecule has 1 aliphatic rings. The molecular formula is C22H28N2O4S. The molecular weight excluding hydrogens is 388 g/mol. The fraction of sp³-hybridized carbons (Fsp3) is 0.409. The van der Waals surface area contributed by atoms with E-state index in [-0.39, 0.29) is 17.6 Å². The van der Waals surface area contributed by atoms with Gasteiger partial charge in [-0.2, -0.15) is 4.31 Å². The zero-order chi connectivity index (χ0) is 20.9. The standard InChI is InChI=1S/C22H28N2O4S/c1-17-4-10-21(11-5-17)29(27,28)24-15-12-19(13-16-24)22(26)23-14-2-3-18-6-8-20(25)9-7-18/h4-11,19,25H,2-3,12-16H2,1H3,(H,23,26). The summed E-state index contributed by atoms with van der Waals surface area (Å²) in [5, 5.41) is 12.3. The van der Waals surface area contributed by atoms with E-state index < -0.39 is 10.0 Å². The molecule has 1 saturated heterocycles. The Balaban J connectivity index is 1.43. The third kappa shape index (κ3) is 5.58. The maximum atomic E-state index is 12.8. The summed E-state index contributed by atoms with van der Waals surface area (Å²) < 4.78 is 27.0. The van der Waals surface area contributed by atoms with Crippen molar-refractivity contribution < 1.29 is 18.3 Å². The van der Waals surface area contributed by atoms with Crippen molar-refractivity contribution >= 4 is 15.9 Å². The van der Waals surface area contributed by atoms with Crippen molar-refractivity contribution in [2.45, 2.75) is 37.5 Å². The Morgan fingerprint density at radius 3 is 2.31 bits per heavy atom. The molecule has 1 fully saturated rings. The van der Waals surface area contributed by atoms with E-state index in [0.29, 0.717) is 37.4 Å². The second-order valence-corrected chi connectivity index (χ2v) is 9.49. The highest BCUT2D eigenvalue weighted by atomic mass is 32.2. The first kappa shape index (κ1) is 21.3. The molecule has 0 atom stereocenters. The number of piperidine rings is 1. The predicted octanol–water partition coefficient (Wildman–Crippen LogP) is 2.85. The average Bonchev–Trinajstić information content (AvgIpc) is 2.73. The van der Waals surface area contributed by atoms with Gasteiger partial charge in [0.1, 0.15) is 5.75 Å². The van der Waals surface area contributed by atoms with Crippen LogP contribution in [-0.4, -0.2) is 43.4 Å². The van der Waals surface area contributed by atoms with E-state index in [4.69, 9.17) is 0 Å². The van der Waals surface area contributed by atoms with E-state index in [2.05, 4.69) is 5.32 Å². The zero-order valence-corrected chi connectivity index (χ0v) is 17.5. The lowest BCUT2D eigenvalue weighted by Crippen LogP contribution is -2.43. The molecule has 1 heterocycles. The fourth-order valence-corrected chi connectivity index (χ4v) is 5.00. The number of carbonyl (C=O) groups is 1. The Morgan fingerprint density at radius 1 is 1.07 bits per heavy atom. The van der Waals surface area contributed by atoms with Crippen LogP contribution in [0.15, 0.2) is 53.4 Å². The molecule has 0 aromatic heterocycles. The highest BCUT2D eigenvalue weighted by Gasteiger charge is 2.31. The van der Waals surface area contributed by atoms with Gasteiger partial charge in [0.2, 0.25) is 15.9 Å². The summed E-state index contributed by atoms with van der Waals surface area (Å²) >= 11 is 0. The smallest absolute Gasteiger partial charge is 0.243 e. The lowest BCUT2D eigenvalue weighted by Gasteiger charge is -2.30. The Morgan fingerprint density at radius 2 is 1.69 bits per heavy atom. The van der Waals surface area contributed by atoms with Gasteiger partial charge in [0.25, 0.3) is 0 Å². The van der Waals surface area contributed by atoms with Gasteiger partial charge in [-0.15, -0.1) is 0 Å². The first-order valence-corrected chi connectivity index (χ1v) is 11.4. The van der Waals surface area contributed by atoms with Crippen LogP contribution in [0.1, 0.15) is 30.4 Å². The molecule has 0 saturated carbocycles. The first-order valence-electron chi connectivity index (χ1n) is 9.99. The van der Waals surface area contributed by atoms with Crippen molar-refractivity contribution in [1.82, 2.24) is 9.62 Å². The molecule has 1 aliphatic heterocycles. The number of nitrogens with zero attached hydrogens (tertiary/aromatic N) is 1. The van der Waals surface area contributed by atoms with Gasteiger partial charge in [0.15, 0.2) is 0 Å². The van der Waals surface area contributed by atoms with E-state index in [0.717, 1.165) is 24.0 Å². The molecule has 29 heavy (non-hydrogen) atoms. The lowest BCUT2D eigenvalue weighted by atomic mass is 9.97. The molecule has 0 aliphatic carbocycles. The Kier molecular flexibility index (Phi) is 6.92. The van der Waals surface area contributed by atoms with Crippen LogP contribution in [0.25, 0.3) is 0 Å². The minimum absolute atomic E-state index is 0.00286. The summed E-state index contributed by atoms with van der Waals surface area (Å²) in [4.78, 5) is 12.7. The normalized spacial score (nSPS) is 15.9. The molecule has 0 bridgehead atoms. The average molecular weight is 417 g/mol. The molecule has 2 aromatic rings. The van der Waals surface area contributed by atoms with Crippen molar-refractivity contribution in [1.29, 1.82) is 0 Å². The van der Waals surface area contributed by atoms with Gasteiger partial charge in [0.05, 0.1) is 4.90 Å². The number of aryl methyl sites for hydroxylation is 2. The van der Waals surface area contributed by atoms with Crippen LogP contribution in [-0.2, 0) is 21.2 Å². The van der Waals surface area contributed by atoms with Crippen LogP contribution in [0.4, 0.5) is 0 Å². The number of carbonyl (C=O) groups excluding carboxylic acids is 1. The lowest BCUT2D eigenvalue weighted by molar-refractivity contribution is -0.126. The van der Waals surface area contributed by atoms with E-state index in [1.807, 2.05) is 19.1 Å². The van der Waals surface area contributed by atoms with E-state index in [1.165, 1.54) is 4.31 Å². The van der Waals surface area contributed by atoms with Gasteiger partial charge < -0.3 is 10.4 Å². The highest BCUT2D eigenvalue weighted by Crippen LogP contribution is 2.24. The topological polar surface area (TPSA) is 86.7 Å². The molecule has 2 N–H and O–H groups in total. The van der Waals surface area contributed by atoms with Crippen molar-refractivity contribution in [2.24, 2.45) is 5.92 Å². The largest absolute Gasteiger partial charge is 0.508 e. The first-order chi connectivity index (χ1) is 13.9. The summed E-state index contributed by atoms with van der Waals surface area (Å²) in [6.45, 7) is 3.23. The number of phenolic OH excluding ortho intramolecular Hbond substituents is 1. The second kappa shape index (κ2) is 9.41. The Hall–Kier alpha value is -2.38. The predicted molar refractivity (Wildman–Crippen MR) is 112 cm³/mol. The minimum Gasteiger partial charge on any atom is -0.508 e. The molecule has 2 aromatic carbocycles. The van der Waals surface area contributed by atoms with Crippen LogP contribution in [0.5, 0.6) is 5.75 Å². The van der Waals surface area contributed by atoms with Crippen molar-refractivity contribution in [3.05, 3.63) is 59.7 Å². The quantitative estimate of drug-likeness (QED) is 0.680. The number of phenols is 1. The van der Waals surface area contributed by atoms with Gasteiger partial charge in [-0.25, -0.2) is 8.42 Å². The summed E-state index contributed by atoms with van der Waals surface area (Å²) in [6.07, 6.45) is 2.72. The molecule has 3 rings (SSSR count). The van der Waals surface area contributed by atoms with Crippen LogP contribution in [0.2, 0.25) is 0 Å². The van der Waals surface area contributed by atoms with Crippen LogP contribution in [0.3, 0.4) is 0 Å². The van der Waals surface area contributed by atoms with Crippen molar-refractivity contribution in [2.75, 3.05) is 19.6 Å². The molecule has 1 amide bonds. The molecule has 0 unspecified atom stereocenters. The number of aromatic hydroxyl groups is 1. The van der Waals surface area contributed by atoms with Gasteiger partial charge >= 0.3 is 0 Å². The molecule has 7 heteroatoms. The van der Waals surface area contributed by atoms with E-state index >= 15 is 0 Å². The van der Waals surface area contributed by atoms with Crippen molar-refractivity contribution in [3.63, 3.8) is 0 Å². The molecule has 156 valence electrons. The maximum absolute atomic E-state index is 12.8. The number of benzene rings is 2. The van der Waals surface area contributed by atoms with Crippen LogP contribution >= 0.6 is 0 Å². The van der Waals surface area contributed by atoms with Crippen LogP contribution < -0.4 is 5.32 Å². The summed E-state index contributed by atoms with van der Waals surface area (Å²) in [5.41, 5.74) is 2.14. The SMILES string of the molecule is Cc1ccc(S(=O)(=O)N2CCC(C(=O)NCCCc3ccc(O)cc3)CC2)cc1. The third-order valence-corrected chi connectivity index (χ3v) is 7.27. The summed E-state index contributed by atoms with van der Waals surface area (Å²) in [5.74, 6) is 0.106. The monoisotopic (exact) mass is 416 g/mol. The number of nitrogens with one attached hydrogen (secondary N) is 1. The molecule has 6 nitrogen and oxygen atoms in total. The number of hydrogen-bond acceptors (Lipinski definition) is 4. The Bertz CT molecular complexity index is 916. The maximum Gasteiger partial charge on any atom is 0.243 e. The second-order valence-electron chi connectivity index (χ2n) is 7.55. The fourth-order valence-electron chi connectivity index (χ4n) is 3.53. The summed E-state index contributed by atoms with van der Waals surface area (Å²) in [7, 11) is -3.50. The number of sulfonamides is 1. The third-order valence-electron chi connectivity index (χ3n) is 5.36. The van der Waals surface area contributed by atoms with E-state index in [9.17, 15) is 18.3 Å². The zero-order valence-electron chi connectivity index (χ0n) is 16.7. The molecule has 0 spiro atoms. The van der Waals surface area contributed by atoms with Crippen molar-refractivity contribution in [3.8, 4) is 5.75 Å². The van der Waals surface area contributed by atoms with Gasteiger partial charge in [-0.05, 0) is 62.4 Å². The number of rotatable bonds is 7. The van der Waals surface area contributed by atoms with E-state index in [1.54, 1.807) is 36.4 Å². The molecule has 0 radical (unpaired) electrons. The number of amides is 1. The van der Waals surface area contributed by atoms with Crippen LogP contribution in [0, 0.1) is 12.8 Å².